The van der Waals surface area contributed by atoms with E-state index in [0.717, 1.165) is 25.8 Å². The highest BCUT2D eigenvalue weighted by Crippen LogP contribution is 2.47. The molecule has 0 unspecified atom stereocenters. The van der Waals surface area contributed by atoms with E-state index in [-0.39, 0.29) is 71.5 Å². The first-order chi connectivity index (χ1) is 25.9. The van der Waals surface area contributed by atoms with E-state index < -0.39 is 41.1 Å². The molecule has 15 heteroatoms. The number of amides is 1. The summed E-state index contributed by atoms with van der Waals surface area (Å²) in [6, 6.07) is 6.81. The van der Waals surface area contributed by atoms with Gasteiger partial charge in [0.2, 0.25) is 5.88 Å². The monoisotopic (exact) mass is 748 g/mol. The number of piperazine rings is 1. The van der Waals surface area contributed by atoms with Gasteiger partial charge in [0.05, 0.1) is 23.7 Å². The molecule has 0 N–H and O–H groups in total. The lowest BCUT2D eigenvalue weighted by atomic mass is 9.95. The minimum absolute atomic E-state index is 0.0705. The number of pyridine rings is 1. The Labute approximate surface area is 310 Å². The van der Waals surface area contributed by atoms with Gasteiger partial charge in [0.1, 0.15) is 59.0 Å². The van der Waals surface area contributed by atoms with Gasteiger partial charge in [-0.2, -0.15) is 9.97 Å². The molecule has 12 nitrogen and oxygen atoms in total. The van der Waals surface area contributed by atoms with Gasteiger partial charge in [0.25, 0.3) is 0 Å². The molecular formula is C39H43F3N6O6. The summed E-state index contributed by atoms with van der Waals surface area (Å²) in [6.07, 6.45) is 2.13. The number of rotatable bonds is 7. The predicted octanol–water partition coefficient (Wildman–Crippen LogP) is 6.41. The average Bonchev–Trinajstić information content (AvgIpc) is 3.73. The van der Waals surface area contributed by atoms with Gasteiger partial charge in [0, 0.05) is 37.6 Å². The maximum absolute atomic E-state index is 17.4. The molecule has 2 aromatic heterocycles. The van der Waals surface area contributed by atoms with E-state index >= 15 is 8.78 Å². The highest BCUT2D eigenvalue weighted by molar-refractivity contribution is 6.02. The molecule has 0 spiro atoms. The van der Waals surface area contributed by atoms with Gasteiger partial charge in [0.15, 0.2) is 12.6 Å². The normalized spacial score (nSPS) is 26.1. The lowest BCUT2D eigenvalue weighted by Crippen LogP contribution is -2.63. The highest BCUT2D eigenvalue weighted by Gasteiger charge is 2.52. The van der Waals surface area contributed by atoms with Crippen molar-refractivity contribution in [1.29, 1.82) is 0 Å². The molecule has 5 aliphatic heterocycles. The summed E-state index contributed by atoms with van der Waals surface area (Å²) in [5.74, 6) is -0.626. The topological polar surface area (TPSA) is 112 Å². The predicted molar refractivity (Wildman–Crippen MR) is 193 cm³/mol. The Bertz CT molecular complexity index is 2150. The number of benzene rings is 2. The van der Waals surface area contributed by atoms with Crippen LogP contribution < -0.4 is 19.1 Å². The zero-order valence-corrected chi connectivity index (χ0v) is 30.7. The number of carbonyl (C=O) groups excluding carboxylic acids is 1. The smallest absolute Gasteiger partial charge is 0.410 e. The van der Waals surface area contributed by atoms with E-state index in [0.29, 0.717) is 42.9 Å². The Hall–Kier alpha value is -4.63. The van der Waals surface area contributed by atoms with E-state index in [1.807, 2.05) is 25.7 Å². The second-order valence-electron chi connectivity index (χ2n) is 16.1. The van der Waals surface area contributed by atoms with Crippen molar-refractivity contribution in [2.24, 2.45) is 0 Å². The van der Waals surface area contributed by atoms with Crippen LogP contribution >= 0.6 is 0 Å². The van der Waals surface area contributed by atoms with Crippen molar-refractivity contribution < 1.29 is 41.7 Å². The van der Waals surface area contributed by atoms with Gasteiger partial charge in [-0.25, -0.2) is 22.9 Å². The van der Waals surface area contributed by atoms with Crippen LogP contribution in [-0.2, 0) is 9.47 Å². The Morgan fingerprint density at radius 2 is 1.91 bits per heavy atom. The van der Waals surface area contributed by atoms with Gasteiger partial charge in [-0.3, -0.25) is 9.80 Å². The molecule has 2 bridgehead atoms. The van der Waals surface area contributed by atoms with Gasteiger partial charge >= 0.3 is 12.1 Å². The molecule has 4 fully saturated rings. The van der Waals surface area contributed by atoms with E-state index in [1.54, 1.807) is 18.2 Å². The van der Waals surface area contributed by atoms with E-state index in [4.69, 9.17) is 33.7 Å². The number of ether oxygens (including phenoxy) is 5. The quantitative estimate of drug-likeness (QED) is 0.196. The van der Waals surface area contributed by atoms with Crippen LogP contribution in [0.4, 0.5) is 23.8 Å². The summed E-state index contributed by atoms with van der Waals surface area (Å²) in [6.45, 7) is 7.17. The molecule has 286 valence electrons. The van der Waals surface area contributed by atoms with Crippen molar-refractivity contribution in [3.8, 4) is 28.9 Å². The first-order valence-corrected chi connectivity index (χ1v) is 18.6. The number of hydrogen-bond donors (Lipinski definition) is 0. The summed E-state index contributed by atoms with van der Waals surface area (Å²) in [5, 5.41) is 0.862. The van der Waals surface area contributed by atoms with Crippen LogP contribution in [-0.4, -0.2) is 113 Å². The summed E-state index contributed by atoms with van der Waals surface area (Å²) < 4.78 is 77.2. The third-order valence-electron chi connectivity index (χ3n) is 11.5. The molecule has 54 heavy (non-hydrogen) atoms. The third kappa shape index (κ3) is 5.81. The summed E-state index contributed by atoms with van der Waals surface area (Å²) in [5.41, 5.74) is -1.35. The lowest BCUT2D eigenvalue weighted by molar-refractivity contribution is 0.00537. The molecule has 7 heterocycles. The largest absolute Gasteiger partial charge is 0.475 e. The van der Waals surface area contributed by atoms with Crippen molar-refractivity contribution in [2.45, 2.75) is 88.3 Å². The Balaban J connectivity index is 1.19. The van der Waals surface area contributed by atoms with Crippen molar-refractivity contribution >= 4 is 33.6 Å². The molecule has 5 aliphatic rings. The van der Waals surface area contributed by atoms with Gasteiger partial charge in [-0.15, -0.1) is 0 Å². The number of aromatic nitrogens is 3. The van der Waals surface area contributed by atoms with Gasteiger partial charge < -0.3 is 28.6 Å². The fraction of sp³-hybridized carbons (Fsp3) is 0.538. The number of methoxy groups -OCH3 is 1. The number of nitrogens with zero attached hydrogens (tertiary/aromatic N) is 6. The minimum atomic E-state index is -0.960. The molecule has 9 rings (SSSR count). The van der Waals surface area contributed by atoms with Crippen molar-refractivity contribution in [1.82, 2.24) is 24.8 Å². The number of alkyl halides is 1. The summed E-state index contributed by atoms with van der Waals surface area (Å²) in [4.78, 5) is 33.8. The van der Waals surface area contributed by atoms with Crippen molar-refractivity contribution in [2.75, 3.05) is 51.7 Å². The Kier molecular flexibility index (Phi) is 8.45. The molecular weight excluding hydrogens is 705 g/mol. The van der Waals surface area contributed by atoms with Crippen LogP contribution in [0.2, 0.25) is 0 Å². The summed E-state index contributed by atoms with van der Waals surface area (Å²) >= 11 is 0. The standard InChI is InChI=1S/C39H43F3N6O6/c1-38(2,3)54-37(49)48-23-9-10-27(48)28-18-51-35-30-33(31(42)32(43-35)25-14-24(53-20-50-4)13-21-7-5-8-26(41)29(21)25)44-36(45-34(30)47(28)17-23)52-19-39-11-6-12-46(39)16-22(40)15-39/h5,7-8,13-14,22-23,27-28H,6,9-12,15-20H2,1-4H3/t22-,23-,27+,28+,39+/m1/s1. The fourth-order valence-electron chi connectivity index (χ4n) is 9.31. The molecule has 4 saturated heterocycles. The highest BCUT2D eigenvalue weighted by atomic mass is 19.1. The Morgan fingerprint density at radius 1 is 1.06 bits per heavy atom. The first kappa shape index (κ1) is 35.1. The second-order valence-corrected chi connectivity index (χ2v) is 16.1. The zero-order chi connectivity index (χ0) is 37.5. The molecule has 5 atom stereocenters. The Morgan fingerprint density at radius 3 is 2.72 bits per heavy atom. The van der Waals surface area contributed by atoms with E-state index in [1.165, 1.54) is 19.2 Å². The van der Waals surface area contributed by atoms with Crippen LogP contribution in [0.3, 0.4) is 0 Å². The maximum atomic E-state index is 17.4. The number of fused-ring (bicyclic) bond motifs is 7. The van der Waals surface area contributed by atoms with Crippen LogP contribution in [0.25, 0.3) is 32.9 Å². The summed E-state index contributed by atoms with van der Waals surface area (Å²) in [7, 11) is 1.48. The van der Waals surface area contributed by atoms with Crippen molar-refractivity contribution in [3.05, 3.63) is 42.0 Å². The van der Waals surface area contributed by atoms with E-state index in [9.17, 15) is 9.18 Å². The SMILES string of the molecule is COCOc1cc(-c2nc3c4c(nc(OC[C@@]56CCCN5C[C@H](F)C6)nc4c2F)N2C[C@H]4CC[C@@H]([C@@H]2CO3)N4C(=O)OC(C)(C)C)c2c(F)cccc2c1. The number of halogens is 3. The number of hydrogen-bond acceptors (Lipinski definition) is 11. The molecule has 0 saturated carbocycles. The molecule has 0 radical (unpaired) electrons. The van der Waals surface area contributed by atoms with Gasteiger partial charge in [-0.05, 0) is 76.6 Å². The van der Waals surface area contributed by atoms with Crippen LogP contribution in [0, 0.1) is 11.6 Å². The fourth-order valence-corrected chi connectivity index (χ4v) is 9.31. The minimum Gasteiger partial charge on any atom is -0.475 e. The molecule has 0 aliphatic carbocycles. The zero-order valence-electron chi connectivity index (χ0n) is 30.7. The number of anilines is 1. The molecule has 1 amide bonds. The first-order valence-electron chi connectivity index (χ1n) is 18.6. The third-order valence-corrected chi connectivity index (χ3v) is 11.5. The average molecular weight is 749 g/mol. The lowest BCUT2D eigenvalue weighted by Gasteiger charge is -2.46. The van der Waals surface area contributed by atoms with Gasteiger partial charge in [-0.1, -0.05) is 12.1 Å². The number of carbonyl (C=O) groups is 1. The molecule has 2 aromatic carbocycles. The second kappa shape index (κ2) is 13.0. The maximum Gasteiger partial charge on any atom is 0.410 e. The van der Waals surface area contributed by atoms with E-state index in [2.05, 4.69) is 14.8 Å². The van der Waals surface area contributed by atoms with Crippen LogP contribution in [0.15, 0.2) is 30.3 Å². The van der Waals surface area contributed by atoms with Crippen molar-refractivity contribution in [3.63, 3.8) is 0 Å². The van der Waals surface area contributed by atoms with Crippen LogP contribution in [0.1, 0.15) is 52.9 Å². The molecule has 4 aromatic rings. The van der Waals surface area contributed by atoms with Crippen LogP contribution in [0.5, 0.6) is 17.6 Å².